The van der Waals surface area contributed by atoms with Gasteiger partial charge in [0, 0.05) is 65.7 Å². The molecule has 302 valence electrons. The first-order valence-corrected chi connectivity index (χ1v) is 19.0. The van der Waals surface area contributed by atoms with Crippen LogP contribution in [0.5, 0.6) is 5.75 Å². The first-order valence-electron chi connectivity index (χ1n) is 19.0. The molecule has 4 atom stereocenters. The molecular formula is C43H43N9O7. The number of fused-ring (bicyclic) bond motifs is 2. The lowest BCUT2D eigenvalue weighted by Crippen LogP contribution is -2.60. The van der Waals surface area contributed by atoms with Crippen LogP contribution < -0.4 is 37.6 Å². The molecule has 0 radical (unpaired) electrons. The standard InChI is InChI=1S/C43H43N9O7/c44-31-10-4-1-9-30(31)39(55)47-22-37-43(59)51-35(18-25-20-45-32-11-5-2-7-28(25)32)40(56)48-23-38(54)49-36(19-26-21-46-33-12-6-3-8-29(26)33)42(58)50-34(41(57)52-37)17-24-13-15-27(53)16-14-24/h1-16,20-21,34-37,45-46,53H,17-19,22-23,44H2,(H,47,55)(H,48,56)(H,49,54)(H,50,58)(H,51,59)(H,52,57)/t34-,35-,36-,37-/m0/s1. The SMILES string of the molecule is Nc1ccccc1C(=O)NC[C@@H]1NC(=O)[C@H](Cc2ccc(O)cc2)NC(=O)[C@H](Cc2c[nH]c3ccccc23)NC(=O)CNC(=O)[C@H](Cc2c[nH]c3ccccc23)NC1=O. The summed E-state index contributed by atoms with van der Waals surface area (Å²) < 4.78 is 0. The van der Waals surface area contributed by atoms with Gasteiger partial charge in [0.2, 0.25) is 29.5 Å². The zero-order valence-corrected chi connectivity index (χ0v) is 31.7. The van der Waals surface area contributed by atoms with Crippen LogP contribution in [-0.4, -0.2) is 87.8 Å². The van der Waals surface area contributed by atoms with Gasteiger partial charge in [0.15, 0.2) is 0 Å². The number of aromatic hydroxyl groups is 1. The highest BCUT2D eigenvalue weighted by Crippen LogP contribution is 2.21. The molecule has 1 aliphatic rings. The summed E-state index contributed by atoms with van der Waals surface area (Å²) in [6.07, 6.45) is 3.37. The topological polar surface area (TPSA) is 252 Å². The second-order valence-electron chi connectivity index (χ2n) is 14.3. The number of aromatic nitrogens is 2. The fraction of sp³-hybridized carbons (Fsp3) is 0.209. The number of carbonyl (C=O) groups excluding carboxylic acids is 6. The van der Waals surface area contributed by atoms with Gasteiger partial charge in [-0.15, -0.1) is 0 Å². The second-order valence-corrected chi connectivity index (χ2v) is 14.3. The number of carbonyl (C=O) groups is 6. The number of amides is 6. The van der Waals surface area contributed by atoms with E-state index in [2.05, 4.69) is 41.9 Å². The number of para-hydroxylation sites is 3. The van der Waals surface area contributed by atoms with Crippen LogP contribution in [-0.2, 0) is 43.2 Å². The molecule has 1 saturated heterocycles. The number of aromatic amines is 2. The van der Waals surface area contributed by atoms with Crippen molar-refractivity contribution >= 4 is 62.9 Å². The Bertz CT molecular complexity index is 2530. The minimum absolute atomic E-state index is 0.0104. The van der Waals surface area contributed by atoms with Gasteiger partial charge in [-0.25, -0.2) is 0 Å². The van der Waals surface area contributed by atoms with Crippen LogP contribution in [0, 0.1) is 0 Å². The van der Waals surface area contributed by atoms with Gasteiger partial charge in [-0.1, -0.05) is 60.7 Å². The van der Waals surface area contributed by atoms with Crippen molar-refractivity contribution in [3.05, 3.63) is 132 Å². The third-order valence-corrected chi connectivity index (χ3v) is 10.2. The Labute approximate surface area is 337 Å². The number of rotatable bonds is 9. The van der Waals surface area contributed by atoms with Gasteiger partial charge in [-0.3, -0.25) is 28.8 Å². The van der Waals surface area contributed by atoms with E-state index in [1.807, 2.05) is 48.5 Å². The van der Waals surface area contributed by atoms with Crippen LogP contribution in [0.4, 0.5) is 5.69 Å². The van der Waals surface area contributed by atoms with Crippen molar-refractivity contribution < 1.29 is 33.9 Å². The van der Waals surface area contributed by atoms with Crippen molar-refractivity contribution in [1.29, 1.82) is 0 Å². The maximum Gasteiger partial charge on any atom is 0.253 e. The molecule has 0 bridgehead atoms. The summed E-state index contributed by atoms with van der Waals surface area (Å²) in [5.41, 5.74) is 9.95. The van der Waals surface area contributed by atoms with Gasteiger partial charge < -0.3 is 52.7 Å². The fourth-order valence-electron chi connectivity index (χ4n) is 7.09. The molecule has 6 amide bonds. The minimum Gasteiger partial charge on any atom is -0.508 e. The van der Waals surface area contributed by atoms with Gasteiger partial charge in [0.25, 0.3) is 5.91 Å². The van der Waals surface area contributed by atoms with E-state index in [9.17, 15) is 33.9 Å². The lowest BCUT2D eigenvalue weighted by atomic mass is 10.0. The van der Waals surface area contributed by atoms with E-state index in [0.29, 0.717) is 16.7 Å². The summed E-state index contributed by atoms with van der Waals surface area (Å²) in [5.74, 6) is -4.37. The van der Waals surface area contributed by atoms with Crippen LogP contribution in [0.25, 0.3) is 21.8 Å². The van der Waals surface area contributed by atoms with E-state index >= 15 is 0 Å². The molecule has 7 rings (SSSR count). The number of nitrogen functional groups attached to an aromatic ring is 1. The molecule has 6 aromatic rings. The molecule has 59 heavy (non-hydrogen) atoms. The normalized spacial score (nSPS) is 19.4. The Balaban J connectivity index is 1.23. The quantitative estimate of drug-likeness (QED) is 0.0957. The summed E-state index contributed by atoms with van der Waals surface area (Å²) >= 11 is 0. The van der Waals surface area contributed by atoms with Crippen molar-refractivity contribution in [1.82, 2.24) is 41.9 Å². The van der Waals surface area contributed by atoms with Crippen LogP contribution in [0.15, 0.2) is 109 Å². The molecule has 1 aliphatic heterocycles. The largest absolute Gasteiger partial charge is 0.508 e. The van der Waals surface area contributed by atoms with E-state index in [0.717, 1.165) is 21.8 Å². The summed E-state index contributed by atoms with van der Waals surface area (Å²) in [5, 5.41) is 27.7. The molecular weight excluding hydrogens is 755 g/mol. The van der Waals surface area contributed by atoms with Gasteiger partial charge in [-0.05, 0) is 53.1 Å². The highest BCUT2D eigenvalue weighted by molar-refractivity contribution is 6.01. The van der Waals surface area contributed by atoms with Crippen molar-refractivity contribution in [2.45, 2.75) is 43.4 Å². The van der Waals surface area contributed by atoms with Crippen LogP contribution in [0.3, 0.4) is 0 Å². The van der Waals surface area contributed by atoms with E-state index in [1.165, 1.54) is 18.2 Å². The number of phenols is 1. The van der Waals surface area contributed by atoms with Crippen molar-refractivity contribution in [2.24, 2.45) is 0 Å². The zero-order chi connectivity index (χ0) is 41.5. The van der Waals surface area contributed by atoms with E-state index in [-0.39, 0.29) is 36.3 Å². The molecule has 16 heteroatoms. The molecule has 11 N–H and O–H groups in total. The third kappa shape index (κ3) is 9.51. The average molecular weight is 798 g/mol. The minimum atomic E-state index is -1.47. The fourth-order valence-corrected chi connectivity index (χ4v) is 7.09. The maximum absolute atomic E-state index is 14.3. The van der Waals surface area contributed by atoms with Gasteiger partial charge in [0.1, 0.15) is 29.9 Å². The first-order chi connectivity index (χ1) is 28.5. The van der Waals surface area contributed by atoms with E-state index in [4.69, 9.17) is 5.73 Å². The summed E-state index contributed by atoms with van der Waals surface area (Å²) in [6.45, 7) is -0.974. The summed E-state index contributed by atoms with van der Waals surface area (Å²) in [6, 6.07) is 22.0. The lowest BCUT2D eigenvalue weighted by Gasteiger charge is -2.26. The number of hydrogen-bond donors (Lipinski definition) is 10. The number of nitrogens with two attached hydrogens (primary N) is 1. The molecule has 0 saturated carbocycles. The van der Waals surface area contributed by atoms with Crippen molar-refractivity contribution in [3.63, 3.8) is 0 Å². The Hall–Kier alpha value is -7.62. The van der Waals surface area contributed by atoms with Gasteiger partial charge >= 0.3 is 0 Å². The Kier molecular flexibility index (Phi) is 11.9. The first kappa shape index (κ1) is 39.6. The number of H-pyrrole nitrogens is 2. The molecule has 16 nitrogen and oxygen atoms in total. The van der Waals surface area contributed by atoms with Crippen molar-refractivity contribution in [2.75, 3.05) is 18.8 Å². The predicted octanol–water partition coefficient (Wildman–Crippen LogP) is 1.46. The number of hydrogen-bond acceptors (Lipinski definition) is 8. The van der Waals surface area contributed by atoms with Crippen molar-refractivity contribution in [3.8, 4) is 5.75 Å². The molecule has 0 aliphatic carbocycles. The Morgan fingerprint density at radius 2 is 1.12 bits per heavy atom. The van der Waals surface area contributed by atoms with Crippen LogP contribution in [0.1, 0.15) is 27.0 Å². The molecule has 3 heterocycles. The predicted molar refractivity (Wildman–Crippen MR) is 220 cm³/mol. The number of anilines is 1. The number of phenolic OH excluding ortho intramolecular Hbond substituents is 1. The summed E-state index contributed by atoms with van der Waals surface area (Å²) in [4.78, 5) is 89.8. The van der Waals surface area contributed by atoms with Crippen LogP contribution in [0.2, 0.25) is 0 Å². The van der Waals surface area contributed by atoms with Gasteiger partial charge in [0.05, 0.1) is 12.1 Å². The number of benzene rings is 4. The Morgan fingerprint density at radius 1 is 0.610 bits per heavy atom. The van der Waals surface area contributed by atoms with E-state index in [1.54, 1.807) is 42.7 Å². The average Bonchev–Trinajstić information content (AvgIpc) is 3.84. The second kappa shape index (κ2) is 17.7. The number of nitrogens with one attached hydrogen (secondary N) is 8. The Morgan fingerprint density at radius 3 is 1.73 bits per heavy atom. The monoisotopic (exact) mass is 797 g/mol. The summed E-state index contributed by atoms with van der Waals surface area (Å²) in [7, 11) is 0. The molecule has 2 aromatic heterocycles. The third-order valence-electron chi connectivity index (χ3n) is 10.2. The highest BCUT2D eigenvalue weighted by Gasteiger charge is 2.33. The highest BCUT2D eigenvalue weighted by atomic mass is 16.3. The molecule has 1 fully saturated rings. The maximum atomic E-state index is 14.3. The molecule has 0 unspecified atom stereocenters. The van der Waals surface area contributed by atoms with Crippen LogP contribution >= 0.6 is 0 Å². The smallest absolute Gasteiger partial charge is 0.253 e. The van der Waals surface area contributed by atoms with E-state index < -0.39 is 72.7 Å². The molecule has 4 aromatic carbocycles. The lowest BCUT2D eigenvalue weighted by molar-refractivity contribution is -0.133. The molecule has 0 spiro atoms. The van der Waals surface area contributed by atoms with Gasteiger partial charge in [-0.2, -0.15) is 0 Å². The zero-order valence-electron chi connectivity index (χ0n) is 31.7.